The molecular weight excluding hydrogens is 211 g/mol. The average Bonchev–Trinajstić information content (AvgIpc) is 2.59. The molecule has 0 radical (unpaired) electrons. The molecule has 0 aliphatic carbocycles. The Hall–Kier alpha value is -0.261. The van der Waals surface area contributed by atoms with Gasteiger partial charge in [-0.2, -0.15) is 0 Å². The van der Waals surface area contributed by atoms with E-state index in [0.717, 1.165) is 0 Å². The zero-order valence-electron chi connectivity index (χ0n) is 7.33. The van der Waals surface area contributed by atoms with Gasteiger partial charge in [0.25, 0.3) is 0 Å². The molecule has 2 rings (SSSR count). The molecule has 12 heavy (non-hydrogen) atoms. The molecule has 0 nitrogen and oxygen atoms in total. The van der Waals surface area contributed by atoms with E-state index < -0.39 is 0 Å². The second-order valence-corrected chi connectivity index (χ2v) is 8.25. The zero-order valence-corrected chi connectivity index (χ0v) is 9.04. The van der Waals surface area contributed by atoms with Gasteiger partial charge in [0.1, 0.15) is 0 Å². The molecule has 1 aliphatic rings. The Morgan fingerprint density at radius 3 is 2.33 bits per heavy atom. The van der Waals surface area contributed by atoms with Gasteiger partial charge in [0.15, 0.2) is 0 Å². The molecule has 1 aromatic carbocycles. The molecular formula is C11H15Se+. The zero-order chi connectivity index (χ0) is 8.23. The Balaban J connectivity index is 1.94. The molecule has 1 aromatic rings. The van der Waals surface area contributed by atoms with Crippen LogP contribution < -0.4 is 0 Å². The summed E-state index contributed by atoms with van der Waals surface area (Å²) in [6.07, 6.45) is 3.02. The number of hydrogen-bond acceptors (Lipinski definition) is 0. The normalized spacial score (nSPS) is 18.3. The first-order chi connectivity index (χ1) is 5.95. The van der Waals surface area contributed by atoms with Gasteiger partial charge < -0.3 is 0 Å². The van der Waals surface area contributed by atoms with Crippen molar-refractivity contribution in [3.8, 4) is 0 Å². The van der Waals surface area contributed by atoms with Gasteiger partial charge in [-0.25, -0.2) is 0 Å². The standard InChI is InChI=1S/C11H15Se/c1-2-6-11(7-3-1)10-12-8-4-5-9-12/h1-3,6-7H,4-5,8-10H2/q+1. The van der Waals surface area contributed by atoms with Crippen molar-refractivity contribution in [2.24, 2.45) is 0 Å². The quantitative estimate of drug-likeness (QED) is 0.680. The van der Waals surface area contributed by atoms with Gasteiger partial charge in [-0.15, -0.1) is 0 Å². The monoisotopic (exact) mass is 227 g/mol. The topological polar surface area (TPSA) is 0 Å². The second-order valence-electron chi connectivity index (χ2n) is 3.36. The summed E-state index contributed by atoms with van der Waals surface area (Å²) < 4.78 is 0. The van der Waals surface area contributed by atoms with Crippen LogP contribution in [0.4, 0.5) is 0 Å². The third kappa shape index (κ3) is 2.12. The first-order valence-corrected chi connectivity index (χ1v) is 8.26. The number of hydrogen-bond donors (Lipinski definition) is 0. The summed E-state index contributed by atoms with van der Waals surface area (Å²) in [5.41, 5.74) is 1.57. The summed E-state index contributed by atoms with van der Waals surface area (Å²) in [5, 5.41) is 4.59. The van der Waals surface area contributed by atoms with E-state index in [4.69, 9.17) is 0 Å². The minimum atomic E-state index is -0.179. The number of benzene rings is 1. The van der Waals surface area contributed by atoms with E-state index in [1.807, 2.05) is 0 Å². The first-order valence-electron chi connectivity index (χ1n) is 4.63. The van der Waals surface area contributed by atoms with Crippen molar-refractivity contribution in [2.75, 3.05) is 0 Å². The van der Waals surface area contributed by atoms with Crippen LogP contribution in [-0.2, 0) is 5.32 Å². The maximum atomic E-state index is 2.28. The Bertz CT molecular complexity index is 224. The van der Waals surface area contributed by atoms with Gasteiger partial charge >= 0.3 is 78.6 Å². The summed E-state index contributed by atoms with van der Waals surface area (Å²) in [6.45, 7) is 0. The minimum absolute atomic E-state index is 0.179. The fourth-order valence-electron chi connectivity index (χ4n) is 1.67. The second kappa shape index (κ2) is 4.11. The molecule has 0 bridgehead atoms. The Kier molecular flexibility index (Phi) is 2.86. The van der Waals surface area contributed by atoms with Gasteiger partial charge in [-0.05, 0) is 0 Å². The van der Waals surface area contributed by atoms with Crippen LogP contribution in [0.1, 0.15) is 18.4 Å². The van der Waals surface area contributed by atoms with Crippen LogP contribution in [-0.4, -0.2) is 13.9 Å². The fraction of sp³-hybridized carbons (Fsp3) is 0.455. The summed E-state index contributed by atoms with van der Waals surface area (Å²) >= 11 is -0.179. The van der Waals surface area contributed by atoms with E-state index in [0.29, 0.717) is 0 Å². The van der Waals surface area contributed by atoms with E-state index in [2.05, 4.69) is 30.3 Å². The van der Waals surface area contributed by atoms with E-state index in [1.54, 1.807) is 16.2 Å². The summed E-state index contributed by atoms with van der Waals surface area (Å²) in [5.74, 6) is 0. The van der Waals surface area contributed by atoms with Crippen LogP contribution in [0.2, 0.25) is 10.6 Å². The van der Waals surface area contributed by atoms with Gasteiger partial charge in [0.2, 0.25) is 0 Å². The Morgan fingerprint density at radius 2 is 1.67 bits per heavy atom. The Morgan fingerprint density at radius 1 is 1.00 bits per heavy atom. The van der Waals surface area contributed by atoms with Crippen molar-refractivity contribution < 1.29 is 0 Å². The summed E-state index contributed by atoms with van der Waals surface area (Å²) in [7, 11) is 0. The molecule has 0 amide bonds. The first kappa shape index (κ1) is 8.34. The molecule has 64 valence electrons. The third-order valence-corrected chi connectivity index (χ3v) is 7.52. The van der Waals surface area contributed by atoms with Crippen molar-refractivity contribution in [3.05, 3.63) is 35.9 Å². The predicted octanol–water partition coefficient (Wildman–Crippen LogP) is 3.06. The van der Waals surface area contributed by atoms with Crippen LogP contribution in [0.15, 0.2) is 30.3 Å². The molecule has 0 unspecified atom stereocenters. The van der Waals surface area contributed by atoms with Crippen molar-refractivity contribution in [1.29, 1.82) is 0 Å². The molecule has 0 N–H and O–H groups in total. The molecule has 1 saturated heterocycles. The van der Waals surface area contributed by atoms with Crippen LogP contribution in [0.5, 0.6) is 0 Å². The SMILES string of the molecule is c1ccc(C[Se+]2CCCC2)cc1. The van der Waals surface area contributed by atoms with E-state index in [-0.39, 0.29) is 13.9 Å². The van der Waals surface area contributed by atoms with Crippen LogP contribution >= 0.6 is 0 Å². The van der Waals surface area contributed by atoms with Gasteiger partial charge in [0.05, 0.1) is 0 Å². The van der Waals surface area contributed by atoms with E-state index in [9.17, 15) is 0 Å². The molecule has 0 aromatic heterocycles. The van der Waals surface area contributed by atoms with E-state index in [1.165, 1.54) is 18.2 Å². The molecule has 0 spiro atoms. The molecule has 0 atom stereocenters. The molecule has 0 saturated carbocycles. The van der Waals surface area contributed by atoms with Crippen molar-refractivity contribution in [3.63, 3.8) is 0 Å². The predicted molar refractivity (Wildman–Crippen MR) is 54.7 cm³/mol. The Labute approximate surface area is 78.9 Å². The molecule has 1 heteroatoms. The third-order valence-electron chi connectivity index (χ3n) is 2.33. The molecule has 1 aliphatic heterocycles. The molecule has 1 fully saturated rings. The van der Waals surface area contributed by atoms with Crippen molar-refractivity contribution >= 4 is 13.9 Å². The van der Waals surface area contributed by atoms with Crippen molar-refractivity contribution in [1.82, 2.24) is 0 Å². The van der Waals surface area contributed by atoms with Gasteiger partial charge in [-0.3, -0.25) is 0 Å². The van der Waals surface area contributed by atoms with Gasteiger partial charge in [0, 0.05) is 0 Å². The maximum absolute atomic E-state index is 2.28. The van der Waals surface area contributed by atoms with Crippen molar-refractivity contribution in [2.45, 2.75) is 28.8 Å². The van der Waals surface area contributed by atoms with Crippen LogP contribution in [0.3, 0.4) is 0 Å². The average molecular weight is 226 g/mol. The summed E-state index contributed by atoms with van der Waals surface area (Å²) in [6, 6.07) is 11.0. The summed E-state index contributed by atoms with van der Waals surface area (Å²) in [4.78, 5) is 0. The fourth-order valence-corrected chi connectivity index (χ4v) is 6.67. The van der Waals surface area contributed by atoms with Crippen LogP contribution in [0, 0.1) is 0 Å². The van der Waals surface area contributed by atoms with E-state index >= 15 is 0 Å². The molecule has 1 heterocycles. The van der Waals surface area contributed by atoms with Gasteiger partial charge in [-0.1, -0.05) is 0 Å². The van der Waals surface area contributed by atoms with Crippen LogP contribution in [0.25, 0.3) is 0 Å². The number of rotatable bonds is 2.